The number of rotatable bonds is 6. The zero-order chi connectivity index (χ0) is 16.2. The van der Waals surface area contributed by atoms with E-state index in [9.17, 15) is 4.79 Å². The maximum Gasteiger partial charge on any atom is 0.234 e. The molecule has 3 rings (SSSR count). The predicted octanol–water partition coefficient (Wildman–Crippen LogP) is 1.79. The van der Waals surface area contributed by atoms with E-state index in [1.807, 2.05) is 35.2 Å². The van der Waals surface area contributed by atoms with Crippen LogP contribution in [0.4, 0.5) is 0 Å². The van der Waals surface area contributed by atoms with Crippen LogP contribution >= 0.6 is 0 Å². The molecule has 5 nitrogen and oxygen atoms in total. The van der Waals surface area contributed by atoms with Gasteiger partial charge in [0.25, 0.3) is 0 Å². The first-order valence-corrected chi connectivity index (χ1v) is 7.85. The van der Waals surface area contributed by atoms with Crippen molar-refractivity contribution in [2.75, 3.05) is 26.8 Å². The Hall–Kier alpha value is -2.11. The van der Waals surface area contributed by atoms with E-state index in [0.717, 1.165) is 16.5 Å². The Morgan fingerprint density at radius 1 is 1.26 bits per heavy atom. The van der Waals surface area contributed by atoms with E-state index in [2.05, 4.69) is 12.1 Å². The van der Waals surface area contributed by atoms with E-state index in [0.29, 0.717) is 26.1 Å². The first-order chi connectivity index (χ1) is 11.2. The minimum Gasteiger partial charge on any atom is -0.492 e. The van der Waals surface area contributed by atoms with Crippen LogP contribution in [0.1, 0.15) is 6.42 Å². The third-order valence-corrected chi connectivity index (χ3v) is 4.41. The van der Waals surface area contributed by atoms with Crippen LogP contribution in [-0.4, -0.2) is 49.8 Å². The van der Waals surface area contributed by atoms with Crippen molar-refractivity contribution in [1.82, 2.24) is 4.90 Å². The summed E-state index contributed by atoms with van der Waals surface area (Å²) in [7, 11) is 1.67. The molecule has 0 aromatic heterocycles. The number of hydrogen-bond acceptors (Lipinski definition) is 4. The second-order valence-corrected chi connectivity index (χ2v) is 5.83. The number of amides is 1. The number of carbonyl (C=O) groups is 1. The number of primary amides is 1. The van der Waals surface area contributed by atoms with Gasteiger partial charge in [0.15, 0.2) is 0 Å². The van der Waals surface area contributed by atoms with Gasteiger partial charge in [-0.15, -0.1) is 0 Å². The van der Waals surface area contributed by atoms with E-state index < -0.39 is 0 Å². The van der Waals surface area contributed by atoms with Gasteiger partial charge in [-0.3, -0.25) is 9.69 Å². The molecule has 23 heavy (non-hydrogen) atoms. The Labute approximate surface area is 136 Å². The van der Waals surface area contributed by atoms with Crippen molar-refractivity contribution in [2.24, 2.45) is 5.73 Å². The van der Waals surface area contributed by atoms with Gasteiger partial charge in [-0.05, 0) is 17.9 Å². The number of nitrogens with two attached hydrogens (primary N) is 1. The number of nitrogens with zero attached hydrogens (tertiary/aromatic N) is 1. The van der Waals surface area contributed by atoms with Gasteiger partial charge in [0.1, 0.15) is 12.4 Å². The van der Waals surface area contributed by atoms with Gasteiger partial charge >= 0.3 is 0 Å². The molecule has 0 bridgehead atoms. The molecule has 1 fully saturated rings. The second-order valence-electron chi connectivity index (χ2n) is 5.83. The van der Waals surface area contributed by atoms with Crippen LogP contribution in [0.15, 0.2) is 42.5 Å². The van der Waals surface area contributed by atoms with Gasteiger partial charge in [0, 0.05) is 25.6 Å². The minimum absolute atomic E-state index is 0.0602. The lowest BCUT2D eigenvalue weighted by molar-refractivity contribution is -0.122. The molecule has 2 atom stereocenters. The van der Waals surface area contributed by atoms with E-state index in [1.165, 1.54) is 0 Å². The summed E-state index contributed by atoms with van der Waals surface area (Å²) in [6.45, 7) is 1.87. The summed E-state index contributed by atoms with van der Waals surface area (Å²) in [5.41, 5.74) is 5.49. The van der Waals surface area contributed by atoms with Crippen molar-refractivity contribution >= 4 is 16.7 Å². The molecule has 1 heterocycles. The van der Waals surface area contributed by atoms with Crippen molar-refractivity contribution < 1.29 is 14.3 Å². The highest BCUT2D eigenvalue weighted by Crippen LogP contribution is 2.25. The number of likely N-dealkylation sites (tertiary alicyclic amines) is 1. The SMILES string of the molecule is CO[C@H]1C[C@@H](C(N)=O)N(CCOc2cccc3ccccc23)C1. The number of benzene rings is 2. The Morgan fingerprint density at radius 2 is 2.04 bits per heavy atom. The lowest BCUT2D eigenvalue weighted by Gasteiger charge is -2.21. The summed E-state index contributed by atoms with van der Waals surface area (Å²) in [5, 5.41) is 2.25. The number of ether oxygens (including phenoxy) is 2. The molecule has 2 N–H and O–H groups in total. The van der Waals surface area contributed by atoms with Crippen molar-refractivity contribution in [3.63, 3.8) is 0 Å². The van der Waals surface area contributed by atoms with Crippen LogP contribution in [0.5, 0.6) is 5.75 Å². The van der Waals surface area contributed by atoms with Gasteiger partial charge in [-0.2, -0.15) is 0 Å². The summed E-state index contributed by atoms with van der Waals surface area (Å²) in [6, 6.07) is 13.9. The van der Waals surface area contributed by atoms with Gasteiger partial charge in [-0.25, -0.2) is 0 Å². The van der Waals surface area contributed by atoms with Crippen LogP contribution in [0.3, 0.4) is 0 Å². The van der Waals surface area contributed by atoms with Crippen LogP contribution in [0.2, 0.25) is 0 Å². The molecule has 1 amide bonds. The Balaban J connectivity index is 1.63. The highest BCUT2D eigenvalue weighted by atomic mass is 16.5. The largest absolute Gasteiger partial charge is 0.492 e. The third-order valence-electron chi connectivity index (χ3n) is 4.41. The van der Waals surface area contributed by atoms with Crippen LogP contribution < -0.4 is 10.5 Å². The highest BCUT2D eigenvalue weighted by molar-refractivity contribution is 5.88. The van der Waals surface area contributed by atoms with Crippen molar-refractivity contribution in [3.05, 3.63) is 42.5 Å². The van der Waals surface area contributed by atoms with E-state index in [1.54, 1.807) is 7.11 Å². The van der Waals surface area contributed by atoms with Crippen molar-refractivity contribution in [3.8, 4) is 5.75 Å². The molecule has 2 aromatic rings. The first kappa shape index (κ1) is 15.8. The van der Waals surface area contributed by atoms with Crippen LogP contribution in [0, 0.1) is 0 Å². The fourth-order valence-corrected chi connectivity index (χ4v) is 3.17. The molecule has 0 spiro atoms. The van der Waals surface area contributed by atoms with E-state index >= 15 is 0 Å². The summed E-state index contributed by atoms with van der Waals surface area (Å²) in [6.07, 6.45) is 0.713. The van der Waals surface area contributed by atoms with Gasteiger partial charge in [-0.1, -0.05) is 36.4 Å². The number of fused-ring (bicyclic) bond motifs is 1. The van der Waals surface area contributed by atoms with Gasteiger partial charge in [0.05, 0.1) is 12.1 Å². The highest BCUT2D eigenvalue weighted by Gasteiger charge is 2.35. The Bertz CT molecular complexity index is 684. The third kappa shape index (κ3) is 3.46. The molecule has 0 aliphatic carbocycles. The fourth-order valence-electron chi connectivity index (χ4n) is 3.17. The summed E-state index contributed by atoms with van der Waals surface area (Å²) < 4.78 is 11.3. The standard InChI is InChI=1S/C18H22N2O3/c1-22-14-11-16(18(19)21)20(12-14)9-10-23-17-8-4-6-13-5-2-3-7-15(13)17/h2-8,14,16H,9-12H2,1H3,(H2,19,21)/t14-,16-/m0/s1. The molecule has 1 saturated heterocycles. The zero-order valence-corrected chi connectivity index (χ0v) is 13.3. The van der Waals surface area contributed by atoms with E-state index in [4.69, 9.17) is 15.2 Å². The number of methoxy groups -OCH3 is 1. The molecular formula is C18H22N2O3. The molecule has 0 radical (unpaired) electrons. The van der Waals surface area contributed by atoms with Crippen molar-refractivity contribution in [2.45, 2.75) is 18.6 Å². The van der Waals surface area contributed by atoms with Crippen LogP contribution in [-0.2, 0) is 9.53 Å². The predicted molar refractivity (Wildman–Crippen MR) is 89.4 cm³/mol. The van der Waals surface area contributed by atoms with Crippen LogP contribution in [0.25, 0.3) is 10.8 Å². The second kappa shape index (κ2) is 6.98. The molecule has 1 aliphatic heterocycles. The Morgan fingerprint density at radius 3 is 2.83 bits per heavy atom. The summed E-state index contributed by atoms with van der Waals surface area (Å²) >= 11 is 0. The summed E-state index contributed by atoms with van der Waals surface area (Å²) in [4.78, 5) is 13.6. The van der Waals surface area contributed by atoms with Gasteiger partial charge in [0.2, 0.25) is 5.91 Å². The quantitative estimate of drug-likeness (QED) is 0.883. The number of carbonyl (C=O) groups excluding carboxylic acids is 1. The van der Waals surface area contributed by atoms with Gasteiger partial charge < -0.3 is 15.2 Å². The molecule has 2 aromatic carbocycles. The normalized spacial score (nSPS) is 21.6. The van der Waals surface area contributed by atoms with Crippen molar-refractivity contribution in [1.29, 1.82) is 0 Å². The lowest BCUT2D eigenvalue weighted by Crippen LogP contribution is -2.42. The molecule has 5 heteroatoms. The monoisotopic (exact) mass is 314 g/mol. The smallest absolute Gasteiger partial charge is 0.234 e. The first-order valence-electron chi connectivity index (χ1n) is 7.85. The fraction of sp³-hybridized carbons (Fsp3) is 0.389. The maximum absolute atomic E-state index is 11.6. The minimum atomic E-state index is -0.297. The average molecular weight is 314 g/mol. The average Bonchev–Trinajstić information content (AvgIpc) is 2.99. The molecule has 1 aliphatic rings. The molecular weight excluding hydrogens is 292 g/mol. The topological polar surface area (TPSA) is 64.8 Å². The maximum atomic E-state index is 11.6. The molecule has 0 unspecified atom stereocenters. The van der Waals surface area contributed by atoms with E-state index in [-0.39, 0.29) is 18.1 Å². The lowest BCUT2D eigenvalue weighted by atomic mass is 10.1. The zero-order valence-electron chi connectivity index (χ0n) is 13.3. The molecule has 0 saturated carbocycles. The Kier molecular flexibility index (Phi) is 4.79. The summed E-state index contributed by atoms with van der Waals surface area (Å²) in [5.74, 6) is 0.566. The number of hydrogen-bond donors (Lipinski definition) is 1. The molecule has 122 valence electrons.